The Morgan fingerprint density at radius 2 is 1.80 bits per heavy atom. The van der Waals surface area contributed by atoms with E-state index in [0.29, 0.717) is 41.2 Å². The predicted octanol–water partition coefficient (Wildman–Crippen LogP) is 5.51. The first-order chi connectivity index (χ1) is 12.1. The summed E-state index contributed by atoms with van der Waals surface area (Å²) in [6.07, 6.45) is 1.77. The van der Waals surface area contributed by atoms with Crippen LogP contribution in [0.25, 0.3) is 5.65 Å². The molecule has 130 valence electrons. The highest BCUT2D eigenvalue weighted by Crippen LogP contribution is 2.33. The second kappa shape index (κ2) is 7.53. The maximum absolute atomic E-state index is 6.07. The smallest absolute Gasteiger partial charge is 0.182 e. The molecule has 0 aliphatic carbocycles. The van der Waals surface area contributed by atoms with Gasteiger partial charge in [0.1, 0.15) is 5.65 Å². The first-order valence-corrected chi connectivity index (χ1v) is 8.45. The Morgan fingerprint density at radius 1 is 1.04 bits per heavy atom. The molecule has 0 radical (unpaired) electrons. The minimum atomic E-state index is 0.547. The van der Waals surface area contributed by atoms with Crippen molar-refractivity contribution in [2.45, 2.75) is 20.8 Å². The van der Waals surface area contributed by atoms with Crippen LogP contribution in [0.5, 0.6) is 11.5 Å². The van der Waals surface area contributed by atoms with Crippen molar-refractivity contribution in [3.63, 3.8) is 0 Å². The third-order valence-electron chi connectivity index (χ3n) is 3.51. The molecule has 3 aromatic rings. The number of nitrogens with zero attached hydrogens (tertiary/aromatic N) is 4. The van der Waals surface area contributed by atoms with E-state index in [1.807, 2.05) is 49.4 Å². The molecule has 25 heavy (non-hydrogen) atoms. The lowest BCUT2D eigenvalue weighted by atomic mass is 10.3. The fourth-order valence-corrected chi connectivity index (χ4v) is 2.61. The maximum Gasteiger partial charge on any atom is 0.182 e. The molecule has 0 saturated heterocycles. The molecule has 0 saturated carbocycles. The van der Waals surface area contributed by atoms with Gasteiger partial charge in [-0.05, 0) is 45.0 Å². The topological polar surface area (TPSA) is 60.5 Å². The van der Waals surface area contributed by atoms with Crippen LogP contribution >= 0.6 is 11.6 Å². The molecule has 6 nitrogen and oxygen atoms in total. The third kappa shape index (κ3) is 3.74. The second-order valence-electron chi connectivity index (χ2n) is 5.29. The second-order valence-corrected chi connectivity index (χ2v) is 5.73. The van der Waals surface area contributed by atoms with Crippen molar-refractivity contribution < 1.29 is 9.47 Å². The van der Waals surface area contributed by atoms with E-state index in [1.165, 1.54) is 0 Å². The van der Waals surface area contributed by atoms with Gasteiger partial charge in [-0.1, -0.05) is 11.6 Å². The summed E-state index contributed by atoms with van der Waals surface area (Å²) >= 11 is 6.07. The van der Waals surface area contributed by atoms with Crippen molar-refractivity contribution in [1.82, 2.24) is 9.38 Å². The van der Waals surface area contributed by atoms with E-state index in [2.05, 4.69) is 15.2 Å². The molecule has 1 aromatic carbocycles. The Balaban J connectivity index is 1.95. The molecule has 2 aromatic heterocycles. The lowest BCUT2D eigenvalue weighted by Gasteiger charge is -2.10. The van der Waals surface area contributed by atoms with Gasteiger partial charge in [0, 0.05) is 12.3 Å². The van der Waals surface area contributed by atoms with Gasteiger partial charge in [-0.25, -0.2) is 4.98 Å². The first kappa shape index (κ1) is 17.2. The SMILES string of the molecule is CCOc1ccc(N=Nc2c(C)nc3ccc(Cl)cn23)cc1OCC. The van der Waals surface area contributed by atoms with Crippen LogP contribution < -0.4 is 9.47 Å². The van der Waals surface area contributed by atoms with Gasteiger partial charge in [0.2, 0.25) is 0 Å². The van der Waals surface area contributed by atoms with Crippen LogP contribution in [0.1, 0.15) is 19.5 Å². The highest BCUT2D eigenvalue weighted by molar-refractivity contribution is 6.30. The van der Waals surface area contributed by atoms with Crippen molar-refractivity contribution in [3.8, 4) is 11.5 Å². The number of hydrogen-bond acceptors (Lipinski definition) is 5. The predicted molar refractivity (Wildman–Crippen MR) is 97.9 cm³/mol. The monoisotopic (exact) mass is 358 g/mol. The molecule has 7 heteroatoms. The van der Waals surface area contributed by atoms with Crippen LogP contribution in [0.3, 0.4) is 0 Å². The molecule has 0 N–H and O–H groups in total. The Labute approximate surface area is 151 Å². The highest BCUT2D eigenvalue weighted by Gasteiger charge is 2.09. The summed E-state index contributed by atoms with van der Waals surface area (Å²) in [6, 6.07) is 9.12. The van der Waals surface area contributed by atoms with E-state index in [4.69, 9.17) is 21.1 Å². The largest absolute Gasteiger partial charge is 0.490 e. The van der Waals surface area contributed by atoms with Crippen LogP contribution in [0.4, 0.5) is 11.5 Å². The Morgan fingerprint density at radius 3 is 2.56 bits per heavy atom. The lowest BCUT2D eigenvalue weighted by Crippen LogP contribution is -1.97. The van der Waals surface area contributed by atoms with Crippen LogP contribution in [0.15, 0.2) is 46.8 Å². The zero-order valence-corrected chi connectivity index (χ0v) is 15.1. The van der Waals surface area contributed by atoms with Gasteiger partial charge in [-0.15, -0.1) is 10.2 Å². The van der Waals surface area contributed by atoms with Gasteiger partial charge >= 0.3 is 0 Å². The van der Waals surface area contributed by atoms with Crippen LogP contribution in [0, 0.1) is 6.92 Å². The quantitative estimate of drug-likeness (QED) is 0.546. The molecular formula is C18H19ClN4O2. The summed E-state index contributed by atoms with van der Waals surface area (Å²) in [5, 5.41) is 9.28. The number of imidazole rings is 1. The third-order valence-corrected chi connectivity index (χ3v) is 3.74. The van der Waals surface area contributed by atoms with Gasteiger partial charge < -0.3 is 9.47 Å². The van der Waals surface area contributed by atoms with E-state index in [9.17, 15) is 0 Å². The van der Waals surface area contributed by atoms with Gasteiger partial charge in [0.05, 0.1) is 29.6 Å². The number of hydrogen-bond donors (Lipinski definition) is 0. The average molecular weight is 359 g/mol. The molecule has 0 unspecified atom stereocenters. The molecule has 0 atom stereocenters. The van der Waals surface area contributed by atoms with E-state index in [-0.39, 0.29) is 0 Å². The van der Waals surface area contributed by atoms with E-state index >= 15 is 0 Å². The molecule has 0 bridgehead atoms. The zero-order chi connectivity index (χ0) is 17.8. The Hall–Kier alpha value is -2.60. The van der Waals surface area contributed by atoms with Crippen molar-refractivity contribution >= 4 is 28.8 Å². The molecule has 2 heterocycles. The Kier molecular flexibility index (Phi) is 5.19. The summed E-state index contributed by atoms with van der Waals surface area (Å²) < 4.78 is 13.0. The fourth-order valence-electron chi connectivity index (χ4n) is 2.45. The average Bonchev–Trinajstić information content (AvgIpc) is 2.90. The van der Waals surface area contributed by atoms with Crippen molar-refractivity contribution in [1.29, 1.82) is 0 Å². The van der Waals surface area contributed by atoms with Crippen LogP contribution in [-0.4, -0.2) is 22.6 Å². The molecule has 0 fully saturated rings. The minimum Gasteiger partial charge on any atom is -0.490 e. The van der Waals surface area contributed by atoms with E-state index in [1.54, 1.807) is 12.3 Å². The summed E-state index contributed by atoms with van der Waals surface area (Å²) in [4.78, 5) is 4.46. The van der Waals surface area contributed by atoms with Gasteiger partial charge in [0.25, 0.3) is 0 Å². The number of benzene rings is 1. The fraction of sp³-hybridized carbons (Fsp3) is 0.278. The van der Waals surface area contributed by atoms with Gasteiger partial charge in [0.15, 0.2) is 17.3 Å². The standard InChI is InChI=1S/C18H19ClN4O2/c1-4-24-15-8-7-14(10-16(15)25-5-2)21-22-18-12(3)20-17-9-6-13(19)11-23(17)18/h6-11H,4-5H2,1-3H3. The minimum absolute atomic E-state index is 0.547. The van der Waals surface area contributed by atoms with Crippen molar-refractivity contribution in [3.05, 3.63) is 47.2 Å². The molecule has 0 aliphatic rings. The maximum atomic E-state index is 6.07. The number of azo groups is 1. The van der Waals surface area contributed by atoms with Gasteiger partial charge in [-0.2, -0.15) is 0 Å². The summed E-state index contributed by atoms with van der Waals surface area (Å²) in [5.41, 5.74) is 2.22. The van der Waals surface area contributed by atoms with E-state index < -0.39 is 0 Å². The number of halogens is 1. The lowest BCUT2D eigenvalue weighted by molar-refractivity contribution is 0.288. The summed E-state index contributed by atoms with van der Waals surface area (Å²) in [5.74, 6) is 1.99. The molecule has 0 spiro atoms. The zero-order valence-electron chi connectivity index (χ0n) is 14.4. The highest BCUT2D eigenvalue weighted by atomic mass is 35.5. The Bertz CT molecular complexity index is 921. The van der Waals surface area contributed by atoms with Crippen LogP contribution in [0.2, 0.25) is 5.02 Å². The first-order valence-electron chi connectivity index (χ1n) is 8.08. The van der Waals surface area contributed by atoms with Crippen LogP contribution in [-0.2, 0) is 0 Å². The number of pyridine rings is 1. The molecular weight excluding hydrogens is 340 g/mol. The van der Waals surface area contributed by atoms with E-state index in [0.717, 1.165) is 11.3 Å². The molecule has 3 rings (SSSR count). The van der Waals surface area contributed by atoms with Gasteiger partial charge in [-0.3, -0.25) is 4.40 Å². The number of ether oxygens (including phenoxy) is 2. The normalized spacial score (nSPS) is 11.4. The molecule has 0 aliphatic heterocycles. The summed E-state index contributed by atoms with van der Waals surface area (Å²) in [7, 11) is 0. The summed E-state index contributed by atoms with van der Waals surface area (Å²) in [6.45, 7) is 6.87. The van der Waals surface area contributed by atoms with Crippen molar-refractivity contribution in [2.24, 2.45) is 10.2 Å². The number of fused-ring (bicyclic) bond motifs is 1. The number of rotatable bonds is 6. The molecule has 0 amide bonds. The number of aromatic nitrogens is 2. The number of aryl methyl sites for hydroxylation is 1. The van der Waals surface area contributed by atoms with Crippen molar-refractivity contribution in [2.75, 3.05) is 13.2 Å².